The Morgan fingerprint density at radius 3 is 0.792 bits per heavy atom. The number of carbonyl (C=O) groups is 6. The fourth-order valence-electron chi connectivity index (χ4n) is 1.62. The normalized spacial score (nSPS) is 19.4. The first-order valence-corrected chi connectivity index (χ1v) is 6.75. The van der Waals surface area contributed by atoms with Gasteiger partial charge in [0, 0.05) is 21.1 Å². The van der Waals surface area contributed by atoms with Crippen molar-refractivity contribution in [3.05, 3.63) is 0 Å². The number of urea groups is 3. The first kappa shape index (κ1) is 18.9. The minimum Gasteiger partial charge on any atom is -0.318 e. The molecule has 0 aromatic carbocycles. The molecule has 0 spiro atoms. The summed E-state index contributed by atoms with van der Waals surface area (Å²) in [6, 6.07) is -0.931. The van der Waals surface area contributed by atoms with Crippen molar-refractivity contribution in [2.45, 2.75) is 0 Å². The number of hydrogen-bond acceptors (Lipinski definition) is 6. The van der Waals surface area contributed by atoms with Gasteiger partial charge in [-0.15, -0.1) is 0 Å². The molecule has 3 aliphatic rings. The predicted octanol–water partition coefficient (Wildman–Crippen LogP) is -2.50. The van der Waals surface area contributed by atoms with Crippen LogP contribution < -0.4 is 16.0 Å². The standard InChI is InChI=1S/3C4H6N2O2/c3*1-6-2-3(7)5-4(6)8/h3*2H2,1H3,(H,5,7,8). The summed E-state index contributed by atoms with van der Waals surface area (Å²) in [6.45, 7) is 0.580. The van der Waals surface area contributed by atoms with Gasteiger partial charge in [0.2, 0.25) is 17.7 Å². The lowest BCUT2D eigenvalue weighted by atomic mass is 10.6. The van der Waals surface area contributed by atoms with Crippen LogP contribution in [0.25, 0.3) is 0 Å². The van der Waals surface area contributed by atoms with Crippen molar-refractivity contribution >= 4 is 35.8 Å². The Balaban J connectivity index is 0.000000180. The molecule has 24 heavy (non-hydrogen) atoms. The lowest BCUT2D eigenvalue weighted by Crippen LogP contribution is -2.24. The van der Waals surface area contributed by atoms with Crippen molar-refractivity contribution < 1.29 is 28.8 Å². The molecule has 0 aromatic rings. The number of imide groups is 3. The Morgan fingerprint density at radius 2 is 0.750 bits per heavy atom. The van der Waals surface area contributed by atoms with E-state index in [4.69, 9.17) is 0 Å². The Bertz CT molecular complexity index is 510. The maximum absolute atomic E-state index is 10.4. The van der Waals surface area contributed by atoms with E-state index in [1.54, 1.807) is 21.1 Å². The van der Waals surface area contributed by atoms with Crippen LogP contribution in [0.5, 0.6) is 0 Å². The number of hydrogen-bond donors (Lipinski definition) is 3. The SMILES string of the molecule is CN1CC(=O)NC1=O.CN1CC(=O)NC1=O.CN1CC(=O)NC1=O. The van der Waals surface area contributed by atoms with E-state index in [0.29, 0.717) is 0 Å². The van der Waals surface area contributed by atoms with Crippen LogP contribution in [0.3, 0.4) is 0 Å². The quantitative estimate of drug-likeness (QED) is 0.415. The van der Waals surface area contributed by atoms with Crippen LogP contribution in [-0.4, -0.2) is 91.3 Å². The fraction of sp³-hybridized carbons (Fsp3) is 0.500. The number of likely N-dealkylation sites (N-methyl/N-ethyl adjacent to an activating group) is 3. The monoisotopic (exact) mass is 342 g/mol. The van der Waals surface area contributed by atoms with Crippen LogP contribution >= 0.6 is 0 Å². The van der Waals surface area contributed by atoms with Crippen molar-refractivity contribution in [2.24, 2.45) is 0 Å². The molecule has 0 aliphatic carbocycles. The van der Waals surface area contributed by atoms with E-state index < -0.39 is 0 Å². The average molecular weight is 342 g/mol. The van der Waals surface area contributed by atoms with E-state index in [-0.39, 0.29) is 55.4 Å². The molecule has 0 atom stereocenters. The van der Waals surface area contributed by atoms with Crippen LogP contribution in [0.2, 0.25) is 0 Å². The highest BCUT2D eigenvalue weighted by Gasteiger charge is 2.23. The van der Waals surface area contributed by atoms with Crippen LogP contribution in [0.4, 0.5) is 14.4 Å². The van der Waals surface area contributed by atoms with Gasteiger partial charge in [0.25, 0.3) is 0 Å². The van der Waals surface area contributed by atoms with Gasteiger partial charge in [-0.3, -0.25) is 30.3 Å². The zero-order valence-electron chi connectivity index (χ0n) is 13.4. The molecular formula is C12H18N6O6. The summed E-state index contributed by atoms with van der Waals surface area (Å²) in [5.74, 6) is -0.674. The summed E-state index contributed by atoms with van der Waals surface area (Å²) in [5.41, 5.74) is 0. The van der Waals surface area contributed by atoms with Crippen LogP contribution in [0.15, 0.2) is 0 Å². The molecule has 0 bridgehead atoms. The number of amides is 9. The molecule has 3 N–H and O–H groups in total. The van der Waals surface area contributed by atoms with Gasteiger partial charge in [-0.25, -0.2) is 14.4 Å². The van der Waals surface area contributed by atoms with Gasteiger partial charge < -0.3 is 14.7 Å². The molecule has 3 heterocycles. The first-order chi connectivity index (χ1) is 11.1. The molecule has 12 heteroatoms. The number of nitrogens with one attached hydrogen (secondary N) is 3. The van der Waals surface area contributed by atoms with Crippen LogP contribution in [0.1, 0.15) is 0 Å². The third-order valence-corrected chi connectivity index (χ3v) is 2.92. The molecule has 12 nitrogen and oxygen atoms in total. The summed E-state index contributed by atoms with van der Waals surface area (Å²) >= 11 is 0. The summed E-state index contributed by atoms with van der Waals surface area (Å²) < 4.78 is 0. The topological polar surface area (TPSA) is 148 Å². The molecule has 3 saturated heterocycles. The maximum Gasteiger partial charge on any atom is 0.324 e. The summed E-state index contributed by atoms with van der Waals surface area (Å²) in [7, 11) is 4.71. The van der Waals surface area contributed by atoms with E-state index in [1.807, 2.05) is 0 Å². The molecule has 0 radical (unpaired) electrons. The van der Waals surface area contributed by atoms with Crippen molar-refractivity contribution in [3.8, 4) is 0 Å². The molecule has 3 rings (SSSR count). The zero-order valence-corrected chi connectivity index (χ0v) is 13.4. The fourth-order valence-corrected chi connectivity index (χ4v) is 1.62. The van der Waals surface area contributed by atoms with Gasteiger partial charge >= 0.3 is 18.1 Å². The highest BCUT2D eigenvalue weighted by Crippen LogP contribution is 1.92. The van der Waals surface area contributed by atoms with E-state index >= 15 is 0 Å². The van der Waals surface area contributed by atoms with Gasteiger partial charge in [-0.1, -0.05) is 0 Å². The van der Waals surface area contributed by atoms with E-state index in [2.05, 4.69) is 16.0 Å². The lowest BCUT2D eigenvalue weighted by molar-refractivity contribution is -0.119. The number of nitrogens with zero attached hydrogens (tertiary/aromatic N) is 3. The molecule has 0 unspecified atom stereocenters. The molecule has 132 valence electrons. The molecule has 0 aromatic heterocycles. The summed E-state index contributed by atoms with van der Waals surface area (Å²) in [4.78, 5) is 66.0. The van der Waals surface area contributed by atoms with E-state index in [1.165, 1.54) is 14.7 Å². The third-order valence-electron chi connectivity index (χ3n) is 2.92. The number of rotatable bonds is 0. The van der Waals surface area contributed by atoms with Crippen molar-refractivity contribution in [2.75, 3.05) is 40.8 Å². The maximum atomic E-state index is 10.4. The zero-order chi connectivity index (χ0) is 18.4. The largest absolute Gasteiger partial charge is 0.324 e. The second-order valence-electron chi connectivity index (χ2n) is 5.13. The molecule has 9 amide bonds. The van der Waals surface area contributed by atoms with Gasteiger partial charge in [-0.2, -0.15) is 0 Å². The van der Waals surface area contributed by atoms with Crippen molar-refractivity contribution in [3.63, 3.8) is 0 Å². The van der Waals surface area contributed by atoms with Gasteiger partial charge in [0.1, 0.15) is 19.6 Å². The second-order valence-corrected chi connectivity index (χ2v) is 5.13. The predicted molar refractivity (Wildman–Crippen MR) is 78.5 cm³/mol. The molecule has 3 fully saturated rings. The average Bonchev–Trinajstić information content (AvgIpc) is 3.01. The Hall–Kier alpha value is -3.18. The minimum atomic E-state index is -0.310. The summed E-state index contributed by atoms with van der Waals surface area (Å²) in [5, 5.41) is 6.34. The summed E-state index contributed by atoms with van der Waals surface area (Å²) in [6.07, 6.45) is 0. The van der Waals surface area contributed by atoms with Gasteiger partial charge in [-0.05, 0) is 0 Å². The van der Waals surface area contributed by atoms with Gasteiger partial charge in [0.15, 0.2) is 0 Å². The lowest BCUT2D eigenvalue weighted by Gasteiger charge is -1.99. The molecular weight excluding hydrogens is 324 g/mol. The first-order valence-electron chi connectivity index (χ1n) is 6.75. The third kappa shape index (κ3) is 5.55. The van der Waals surface area contributed by atoms with Crippen LogP contribution in [-0.2, 0) is 14.4 Å². The van der Waals surface area contributed by atoms with Crippen LogP contribution in [0, 0.1) is 0 Å². The van der Waals surface area contributed by atoms with Crippen molar-refractivity contribution in [1.29, 1.82) is 0 Å². The molecule has 0 saturated carbocycles. The Labute approximate surface area is 137 Å². The highest BCUT2D eigenvalue weighted by molar-refractivity contribution is 6.02. The Morgan fingerprint density at radius 1 is 0.542 bits per heavy atom. The number of carbonyl (C=O) groups excluding carboxylic acids is 6. The van der Waals surface area contributed by atoms with E-state index in [0.717, 1.165) is 0 Å². The van der Waals surface area contributed by atoms with Gasteiger partial charge in [0.05, 0.1) is 0 Å². The smallest absolute Gasteiger partial charge is 0.318 e. The molecule has 3 aliphatic heterocycles. The van der Waals surface area contributed by atoms with Crippen molar-refractivity contribution in [1.82, 2.24) is 30.7 Å². The minimum absolute atomic E-state index is 0.193. The Kier molecular flexibility index (Phi) is 6.21. The second kappa shape index (κ2) is 7.89. The van der Waals surface area contributed by atoms with E-state index in [9.17, 15) is 28.8 Å². The highest BCUT2D eigenvalue weighted by atomic mass is 16.2.